The number of azide groups is 1. The van der Waals surface area contributed by atoms with E-state index in [9.17, 15) is 19.9 Å². The first kappa shape index (κ1) is 91.8. The molecule has 0 saturated carbocycles. The molecular weight excluding hydrogens is 1460 g/mol. The topological polar surface area (TPSA) is 331 Å². The summed E-state index contributed by atoms with van der Waals surface area (Å²) < 4.78 is 84.8. The molecule has 106 heavy (non-hydrogen) atoms. The molecule has 0 radical (unpaired) electrons. The second kappa shape index (κ2) is 32.4. The first-order valence-corrected chi connectivity index (χ1v) is 55.8. The summed E-state index contributed by atoms with van der Waals surface area (Å²) in [5, 5.41) is 18.3. The molecule has 6 aliphatic rings. The van der Waals surface area contributed by atoms with E-state index in [1.54, 1.807) is 0 Å². The monoisotopic (exact) mass is 1600 g/mol. The van der Waals surface area contributed by atoms with Crippen LogP contribution in [0.5, 0.6) is 0 Å². The van der Waals surface area contributed by atoms with Crippen LogP contribution in [-0.4, -0.2) is 239 Å². The molecule has 6 saturated heterocycles. The van der Waals surface area contributed by atoms with E-state index in [0.717, 1.165) is 0 Å². The van der Waals surface area contributed by atoms with E-state index in [2.05, 4.69) is 240 Å². The molecule has 0 aromatic carbocycles. The molecule has 27 nitrogen and oxygen atoms in total. The third-order valence-electron chi connectivity index (χ3n) is 25.8. The van der Waals surface area contributed by atoms with E-state index < -0.39 is 232 Å². The maximum Gasteiger partial charge on any atom is 0.337 e. The van der Waals surface area contributed by atoms with Crippen LogP contribution in [0, 0.1) is 0 Å². The number of carbonyl (C=O) groups is 6. The number of carbonyl (C=O) groups excluding carboxylic acids is 6. The summed E-state index contributed by atoms with van der Waals surface area (Å²) in [5.74, 6) is -3.94. The van der Waals surface area contributed by atoms with Crippen LogP contribution < -0.4 is 26.6 Å². The van der Waals surface area contributed by atoms with Crippen molar-refractivity contribution in [1.82, 2.24) is 26.6 Å². The Hall–Kier alpha value is -3.05. The lowest BCUT2D eigenvalue weighted by Gasteiger charge is -2.54. The van der Waals surface area contributed by atoms with Crippen LogP contribution in [-0.2, 0) is 88.5 Å². The van der Waals surface area contributed by atoms with Crippen molar-refractivity contribution in [2.45, 2.75) is 421 Å². The van der Waals surface area contributed by atoms with Crippen molar-refractivity contribution in [3.8, 4) is 0 Å². The Morgan fingerprint density at radius 1 is 0.321 bits per heavy atom. The predicted octanol–water partition coefficient (Wildman–Crippen LogP) is 11.3. The van der Waals surface area contributed by atoms with Gasteiger partial charge in [0, 0.05) is 4.91 Å². The summed E-state index contributed by atoms with van der Waals surface area (Å²) in [6.07, 6.45) is -16.3. The number of nitrogens with one attached hydrogen (secondary N) is 5. The Morgan fingerprint density at radius 3 is 0.679 bits per heavy atom. The molecule has 0 spiro atoms. The molecule has 610 valence electrons. The fraction of sp³-hybridized carbons (Fsp3) is 0.918. The average molecular weight is 1600 g/mol. The molecule has 24 atom stereocenters. The third-order valence-corrected chi connectivity index (χ3v) is 53.3. The van der Waals surface area contributed by atoms with Gasteiger partial charge in [0.25, 0.3) is 23.6 Å². The molecule has 6 aliphatic heterocycles. The van der Waals surface area contributed by atoms with Crippen LogP contribution in [0.2, 0.25) is 109 Å². The Labute approximate surface area is 640 Å². The highest BCUT2D eigenvalue weighted by molar-refractivity contribution is 6.76. The van der Waals surface area contributed by atoms with Gasteiger partial charge in [-0.05, 0) is 156 Å². The summed E-state index contributed by atoms with van der Waals surface area (Å²) in [4.78, 5) is 92.2. The van der Waals surface area contributed by atoms with Gasteiger partial charge < -0.3 is 86.3 Å². The minimum Gasteiger partial charge on any atom is -0.467 e. The minimum atomic E-state index is -2.55. The van der Waals surface area contributed by atoms with Crippen LogP contribution in [0.25, 0.3) is 10.4 Å². The Morgan fingerprint density at radius 2 is 0.491 bits per heavy atom. The number of ether oxygens (including phenoxy) is 7. The summed E-state index contributed by atoms with van der Waals surface area (Å²) in [6.45, 7) is 74.4. The fourth-order valence-corrected chi connectivity index (χ4v) is 21.3. The quantitative estimate of drug-likeness (QED) is 0.0147. The van der Waals surface area contributed by atoms with Gasteiger partial charge in [-0.1, -0.05) is 130 Å². The molecule has 0 aromatic heterocycles. The first-order valence-electron chi connectivity index (χ1n) is 38.4. The van der Waals surface area contributed by atoms with Gasteiger partial charge in [-0.25, -0.2) is 4.79 Å². The predicted molar refractivity (Wildman–Crippen MR) is 423 cm³/mol. The standard InChI is InChI=1S/C73H140N8O19Si6/c1-38(95-101(26,27)68(7,8)9)50-44(57(90-50)63(83)77-46-52(40(3)97-103(30,31)70(13,14)15)92-59(46)65(85)79-48-54(94-61(48)67(87)88-25)42(5)99-105(34,35)72(19,20)21)75-62(82)56-45(51(89-56)39(2)96-102(28,29)69(10,11)12)76-64(84)58-47(53(91-58)41(4)98-104(32,33)71(16,17)18)78-66(86)60-49(80-81-74)55(93-60)43(6)100-106(36,37)73(22,23)24/h38-61H,1-37H3,(H,75,82)(H,76,84)(H,77,83)(H,78,86)(H,79,85)/t38-,39-,40-,41-,42-,43-,44-,45-,46-,47-,48-,49-,50-,51-,52-,53-,54-,55-,56+,57+,58+,59+,60+,61?/m0/s1. The molecule has 0 aromatic rings. The van der Waals surface area contributed by atoms with E-state index in [1.165, 1.54) is 7.11 Å². The normalized spacial score (nSPS) is 31.6. The Kier molecular flexibility index (Phi) is 28.1. The van der Waals surface area contributed by atoms with E-state index in [-0.39, 0.29) is 30.2 Å². The van der Waals surface area contributed by atoms with Crippen molar-refractivity contribution < 1.29 is 88.5 Å². The van der Waals surface area contributed by atoms with Crippen LogP contribution >= 0.6 is 0 Å². The molecule has 33 heteroatoms. The van der Waals surface area contributed by atoms with Crippen molar-refractivity contribution >= 4 is 85.4 Å². The van der Waals surface area contributed by atoms with E-state index in [4.69, 9.17) is 59.7 Å². The highest BCUT2D eigenvalue weighted by Gasteiger charge is 2.63. The SMILES string of the molecule is COC(=O)C1O[C@@H]([C@H](C)O[Si](C)(C)C(C)(C)C)[C@@H]1NC(=O)[C@@H]1O[C@@H]([C@H](C)O[Si](C)(C)C(C)(C)C)[C@@H]1NC(=O)[C@@H]1O[C@@H]([C@H](C)O[Si](C)(C)C(C)(C)C)[C@@H]1NC(=O)[C@@H]1O[C@@H]([C@H](C)O[Si](C)(C)C(C)(C)C)[C@@H]1NC(=O)[C@@H]1O[C@@H]([C@H](C)O[Si](C)(C)C(C)(C)C)[C@@H]1NC(=O)[C@@H]1O[C@@H]([C@H](C)O[Si](C)(C)C(C)(C)C)[C@@H]1N=[N+]=[N-]. The number of rotatable bonds is 30. The number of esters is 1. The zero-order valence-electron chi connectivity index (χ0n) is 71.5. The maximum atomic E-state index is 15.5. The van der Waals surface area contributed by atoms with Crippen LogP contribution in [0.4, 0.5) is 0 Å². The molecule has 0 aliphatic carbocycles. The smallest absolute Gasteiger partial charge is 0.337 e. The summed E-state index contributed by atoms with van der Waals surface area (Å²) in [7, 11) is -13.6. The van der Waals surface area contributed by atoms with Crippen LogP contribution in [0.15, 0.2) is 5.11 Å². The average Bonchev–Trinajstić information content (AvgIpc) is 0.749. The largest absolute Gasteiger partial charge is 0.467 e. The van der Waals surface area contributed by atoms with E-state index in [0.29, 0.717) is 0 Å². The molecule has 6 heterocycles. The van der Waals surface area contributed by atoms with Crippen molar-refractivity contribution in [3.63, 3.8) is 0 Å². The van der Waals surface area contributed by atoms with Gasteiger partial charge in [-0.2, -0.15) is 0 Å². The van der Waals surface area contributed by atoms with Crippen molar-refractivity contribution in [2.75, 3.05) is 7.11 Å². The second-order valence-corrected chi connectivity index (χ2v) is 68.6. The minimum absolute atomic E-state index is 0.140. The molecule has 6 rings (SSSR count). The number of hydrogen-bond acceptors (Lipinski definition) is 20. The zero-order valence-corrected chi connectivity index (χ0v) is 77.5. The van der Waals surface area contributed by atoms with Crippen LogP contribution in [0.1, 0.15) is 166 Å². The van der Waals surface area contributed by atoms with E-state index in [1.807, 2.05) is 41.5 Å². The van der Waals surface area contributed by atoms with Gasteiger partial charge in [0.05, 0.1) is 80.0 Å². The first-order chi connectivity index (χ1) is 47.7. The lowest BCUT2D eigenvalue weighted by molar-refractivity contribution is -0.223. The fourth-order valence-electron chi connectivity index (χ4n) is 12.8. The van der Waals surface area contributed by atoms with E-state index >= 15 is 14.4 Å². The van der Waals surface area contributed by atoms with Gasteiger partial charge in [-0.15, -0.1) is 0 Å². The zero-order chi connectivity index (χ0) is 81.5. The number of nitrogens with zero attached hydrogens (tertiary/aromatic N) is 3. The molecular formula is C73H140N8O19Si6. The van der Waals surface area contributed by atoms with Gasteiger partial charge in [0.15, 0.2) is 80.4 Å². The molecule has 5 amide bonds. The Balaban J connectivity index is 1.35. The van der Waals surface area contributed by atoms with Gasteiger partial charge >= 0.3 is 5.97 Å². The number of hydrogen-bond donors (Lipinski definition) is 5. The molecule has 5 N–H and O–H groups in total. The maximum absolute atomic E-state index is 15.5. The highest BCUT2D eigenvalue weighted by atomic mass is 28.4. The van der Waals surface area contributed by atoms with Crippen molar-refractivity contribution in [1.29, 1.82) is 0 Å². The second-order valence-electron chi connectivity index (χ2n) is 40.0. The van der Waals surface area contributed by atoms with Crippen molar-refractivity contribution in [2.24, 2.45) is 5.11 Å². The van der Waals surface area contributed by atoms with Gasteiger partial charge in [0.2, 0.25) is 5.91 Å². The van der Waals surface area contributed by atoms with Crippen molar-refractivity contribution in [3.05, 3.63) is 10.4 Å². The summed E-state index contributed by atoms with van der Waals surface area (Å²) in [6, 6.07) is -5.99. The highest BCUT2D eigenvalue weighted by Crippen LogP contribution is 2.47. The summed E-state index contributed by atoms with van der Waals surface area (Å²) >= 11 is 0. The Bertz CT molecular complexity index is 3190. The number of methoxy groups -OCH3 is 1. The third kappa shape index (κ3) is 19.8. The lowest BCUT2D eigenvalue weighted by atomic mass is 9.87. The summed E-state index contributed by atoms with van der Waals surface area (Å²) in [5.41, 5.74) is 9.84. The lowest BCUT2D eigenvalue weighted by Crippen LogP contribution is -2.78. The van der Waals surface area contributed by atoms with Gasteiger partial charge in [-0.3, -0.25) is 24.0 Å². The molecule has 6 fully saturated rings. The van der Waals surface area contributed by atoms with Crippen LogP contribution in [0.3, 0.4) is 0 Å². The number of amides is 5. The van der Waals surface area contributed by atoms with Gasteiger partial charge in [0.1, 0.15) is 42.7 Å². The molecule has 1 unspecified atom stereocenters. The molecule has 0 bridgehead atoms.